The van der Waals surface area contributed by atoms with Crippen molar-refractivity contribution in [2.24, 2.45) is 0 Å². The molecule has 12 atom stereocenters. The summed E-state index contributed by atoms with van der Waals surface area (Å²) in [7, 11) is 0. The standard InChI is InChI=1S/C68H131NO13/c1-3-5-7-9-11-13-15-17-19-21-22-23-24-25-26-27-28-29-30-31-32-33-34-36-38-40-42-44-46-48-50-52-60(73)69-56(57(72)51-49-47-45-43-41-39-37-35-20-18-16-14-12-10-8-6-4-2)55-79-67-65(78)63(76)66(59(54-71)81-67)82-68-64(77)62(75)61(74)58(53-70)80-68/h21-22,56-59,61-68,70-72,74-78H,3-20,23-55H2,1-2H3,(H,69,73)/b22-21-. The maximum absolute atomic E-state index is 13.3. The van der Waals surface area contributed by atoms with E-state index in [0.29, 0.717) is 12.8 Å². The second kappa shape index (κ2) is 53.9. The number of amides is 1. The molecule has 2 aliphatic rings. The maximum atomic E-state index is 13.3. The summed E-state index contributed by atoms with van der Waals surface area (Å²) in [4.78, 5) is 13.3. The van der Waals surface area contributed by atoms with E-state index in [-0.39, 0.29) is 12.5 Å². The van der Waals surface area contributed by atoms with Crippen molar-refractivity contribution in [3.8, 4) is 0 Å². The number of hydrogen-bond donors (Lipinski definition) is 9. The van der Waals surface area contributed by atoms with Gasteiger partial charge in [0.15, 0.2) is 12.6 Å². The molecule has 2 aliphatic heterocycles. The fourth-order valence-corrected chi connectivity index (χ4v) is 11.9. The molecule has 14 heteroatoms. The van der Waals surface area contributed by atoms with E-state index in [1.165, 1.54) is 244 Å². The molecular formula is C68H131NO13. The van der Waals surface area contributed by atoms with Gasteiger partial charge >= 0.3 is 0 Å². The van der Waals surface area contributed by atoms with E-state index in [1.807, 2.05) is 0 Å². The van der Waals surface area contributed by atoms with E-state index >= 15 is 0 Å². The molecule has 14 nitrogen and oxygen atoms in total. The normalized spacial score (nSPS) is 23.9. The van der Waals surface area contributed by atoms with Crippen molar-refractivity contribution >= 4 is 5.91 Å². The van der Waals surface area contributed by atoms with Crippen LogP contribution in [0.3, 0.4) is 0 Å². The Balaban J connectivity index is 1.63. The average Bonchev–Trinajstić information content (AvgIpc) is 3.52. The predicted molar refractivity (Wildman–Crippen MR) is 332 cm³/mol. The highest BCUT2D eigenvalue weighted by Crippen LogP contribution is 2.30. The average molecular weight is 1170 g/mol. The van der Waals surface area contributed by atoms with Gasteiger partial charge in [-0.1, -0.05) is 289 Å². The number of nitrogens with one attached hydrogen (secondary N) is 1. The molecule has 1 amide bonds. The van der Waals surface area contributed by atoms with Crippen LogP contribution in [-0.4, -0.2) is 140 Å². The SMILES string of the molecule is CCCCCCCCCC/C=C\CCCCCCCCCCCCCCCCCCCCCC(=O)NC(COC1OC(CO)C(OC2OC(CO)C(O)C(O)C2O)C(O)C1O)C(O)CCCCCCCCCCCCCCCCCCC. The number of ether oxygens (including phenoxy) is 4. The van der Waals surface area contributed by atoms with Gasteiger partial charge in [0.05, 0.1) is 32.0 Å². The summed E-state index contributed by atoms with van der Waals surface area (Å²) in [5, 5.41) is 87.5. The highest BCUT2D eigenvalue weighted by molar-refractivity contribution is 5.76. The molecule has 0 saturated carbocycles. The van der Waals surface area contributed by atoms with Crippen molar-refractivity contribution < 1.29 is 64.6 Å². The zero-order chi connectivity index (χ0) is 59.5. The van der Waals surface area contributed by atoms with E-state index in [2.05, 4.69) is 31.3 Å². The largest absolute Gasteiger partial charge is 0.394 e. The lowest BCUT2D eigenvalue weighted by molar-refractivity contribution is -0.359. The molecule has 0 aromatic rings. The molecule has 2 heterocycles. The van der Waals surface area contributed by atoms with E-state index in [4.69, 9.17) is 18.9 Å². The summed E-state index contributed by atoms with van der Waals surface area (Å²) < 4.78 is 22.9. The van der Waals surface area contributed by atoms with Crippen LogP contribution in [0.1, 0.15) is 322 Å². The molecule has 0 spiro atoms. The van der Waals surface area contributed by atoms with Gasteiger partial charge in [0.1, 0.15) is 48.8 Å². The van der Waals surface area contributed by atoms with Crippen molar-refractivity contribution in [2.75, 3.05) is 19.8 Å². The van der Waals surface area contributed by atoms with E-state index < -0.39 is 86.8 Å². The Kier molecular flexibility index (Phi) is 50.5. The van der Waals surface area contributed by atoms with E-state index in [1.54, 1.807) is 0 Å². The Morgan fingerprint density at radius 3 is 1.16 bits per heavy atom. The van der Waals surface area contributed by atoms with Gasteiger partial charge in [0.25, 0.3) is 0 Å². The fraction of sp³-hybridized carbons (Fsp3) is 0.956. The fourth-order valence-electron chi connectivity index (χ4n) is 11.9. The third kappa shape index (κ3) is 38.1. The van der Waals surface area contributed by atoms with Gasteiger partial charge < -0.3 is 65.1 Å². The number of allylic oxidation sites excluding steroid dienone is 2. The lowest BCUT2D eigenvalue weighted by atomic mass is 9.97. The van der Waals surface area contributed by atoms with Crippen LogP contribution < -0.4 is 5.32 Å². The van der Waals surface area contributed by atoms with E-state index in [0.717, 1.165) is 51.4 Å². The Hall–Kier alpha value is -1.27. The summed E-state index contributed by atoms with van der Waals surface area (Å²) in [5.41, 5.74) is 0. The van der Waals surface area contributed by atoms with Gasteiger partial charge in [-0.2, -0.15) is 0 Å². The minimum absolute atomic E-state index is 0.199. The maximum Gasteiger partial charge on any atom is 0.220 e. The molecule has 2 saturated heterocycles. The van der Waals surface area contributed by atoms with Crippen LogP contribution in [0.4, 0.5) is 0 Å². The van der Waals surface area contributed by atoms with Gasteiger partial charge in [0, 0.05) is 6.42 Å². The van der Waals surface area contributed by atoms with Crippen molar-refractivity contribution in [1.82, 2.24) is 5.32 Å². The molecular weight excluding hydrogens is 1040 g/mol. The van der Waals surface area contributed by atoms with Crippen LogP contribution in [-0.2, 0) is 23.7 Å². The number of carbonyl (C=O) groups is 1. The molecule has 9 N–H and O–H groups in total. The predicted octanol–water partition coefficient (Wildman–Crippen LogP) is 13.8. The number of hydrogen-bond acceptors (Lipinski definition) is 13. The lowest BCUT2D eigenvalue weighted by Crippen LogP contribution is -2.65. The van der Waals surface area contributed by atoms with Crippen LogP contribution in [0.5, 0.6) is 0 Å². The van der Waals surface area contributed by atoms with E-state index in [9.17, 15) is 45.6 Å². The lowest BCUT2D eigenvalue weighted by Gasteiger charge is -2.46. The molecule has 0 aliphatic carbocycles. The molecule has 0 aromatic heterocycles. The number of rotatable bonds is 58. The molecule has 82 heavy (non-hydrogen) atoms. The Morgan fingerprint density at radius 1 is 0.427 bits per heavy atom. The van der Waals surface area contributed by atoms with Gasteiger partial charge in [0.2, 0.25) is 5.91 Å². The molecule has 0 aromatic carbocycles. The first kappa shape index (κ1) is 76.8. The Labute approximate surface area is 501 Å². The van der Waals surface area contributed by atoms with Crippen LogP contribution in [0, 0.1) is 0 Å². The van der Waals surface area contributed by atoms with Crippen LogP contribution in [0.2, 0.25) is 0 Å². The van der Waals surface area contributed by atoms with Crippen LogP contribution in [0.25, 0.3) is 0 Å². The molecule has 0 bridgehead atoms. The van der Waals surface area contributed by atoms with Gasteiger partial charge in [-0.3, -0.25) is 4.79 Å². The Morgan fingerprint density at radius 2 is 0.768 bits per heavy atom. The zero-order valence-corrected chi connectivity index (χ0v) is 52.8. The van der Waals surface area contributed by atoms with Gasteiger partial charge in [-0.05, 0) is 38.5 Å². The first-order chi connectivity index (χ1) is 40.1. The minimum atomic E-state index is -1.78. The third-order valence-corrected chi connectivity index (χ3v) is 17.5. The van der Waals surface area contributed by atoms with Crippen molar-refractivity contribution in [3.63, 3.8) is 0 Å². The third-order valence-electron chi connectivity index (χ3n) is 17.5. The molecule has 2 fully saturated rings. The monoisotopic (exact) mass is 1170 g/mol. The molecule has 2 rings (SSSR count). The van der Waals surface area contributed by atoms with Crippen molar-refractivity contribution in [1.29, 1.82) is 0 Å². The number of unbranched alkanes of at least 4 members (excludes halogenated alkanes) is 43. The first-order valence-electron chi connectivity index (χ1n) is 34.9. The highest BCUT2D eigenvalue weighted by Gasteiger charge is 2.51. The number of aliphatic hydroxyl groups excluding tert-OH is 8. The topological polar surface area (TPSA) is 228 Å². The summed E-state index contributed by atoms with van der Waals surface area (Å²) in [6.07, 6.45) is 48.0. The smallest absolute Gasteiger partial charge is 0.220 e. The molecule has 0 radical (unpaired) electrons. The quantitative estimate of drug-likeness (QED) is 0.0204. The van der Waals surface area contributed by atoms with Crippen LogP contribution >= 0.6 is 0 Å². The summed E-state index contributed by atoms with van der Waals surface area (Å²) in [6.45, 7) is 2.91. The molecule has 12 unspecified atom stereocenters. The Bertz CT molecular complexity index is 1420. The van der Waals surface area contributed by atoms with Gasteiger partial charge in [-0.15, -0.1) is 0 Å². The summed E-state index contributed by atoms with van der Waals surface area (Å²) >= 11 is 0. The zero-order valence-electron chi connectivity index (χ0n) is 52.8. The van der Waals surface area contributed by atoms with Crippen molar-refractivity contribution in [3.05, 3.63) is 12.2 Å². The second-order valence-corrected chi connectivity index (χ2v) is 25.0. The number of aliphatic hydroxyl groups is 8. The minimum Gasteiger partial charge on any atom is -0.394 e. The number of carbonyl (C=O) groups excluding carboxylic acids is 1. The molecule has 486 valence electrons. The summed E-state index contributed by atoms with van der Waals surface area (Å²) in [5.74, 6) is -0.199. The van der Waals surface area contributed by atoms with Crippen molar-refractivity contribution in [2.45, 2.75) is 396 Å². The first-order valence-corrected chi connectivity index (χ1v) is 34.9. The second-order valence-electron chi connectivity index (χ2n) is 25.0. The summed E-state index contributed by atoms with van der Waals surface area (Å²) in [6, 6.07) is -0.825. The van der Waals surface area contributed by atoms with Crippen LogP contribution in [0.15, 0.2) is 12.2 Å². The van der Waals surface area contributed by atoms with Gasteiger partial charge in [-0.25, -0.2) is 0 Å². The highest BCUT2D eigenvalue weighted by atomic mass is 16.7.